The lowest BCUT2D eigenvalue weighted by molar-refractivity contribution is 0.0359. The third kappa shape index (κ3) is 2.95. The van der Waals surface area contributed by atoms with Gasteiger partial charge in [0.1, 0.15) is 12.0 Å². The Morgan fingerprint density at radius 2 is 2.15 bits per heavy atom. The van der Waals surface area contributed by atoms with Crippen LogP contribution in [0.15, 0.2) is 42.6 Å². The van der Waals surface area contributed by atoms with Crippen molar-refractivity contribution in [1.82, 2.24) is 14.8 Å². The number of ether oxygens (including phenoxy) is 2. The van der Waals surface area contributed by atoms with Crippen molar-refractivity contribution in [2.75, 3.05) is 18.9 Å². The number of benzene rings is 1. The zero-order valence-electron chi connectivity index (χ0n) is 14.2. The van der Waals surface area contributed by atoms with Crippen molar-refractivity contribution in [3.05, 3.63) is 48.2 Å². The fraction of sp³-hybridized carbons (Fsp3) is 0.316. The minimum atomic E-state index is -0.169. The van der Waals surface area contributed by atoms with Gasteiger partial charge >= 0.3 is 0 Å². The predicted molar refractivity (Wildman–Crippen MR) is 96.3 cm³/mol. The van der Waals surface area contributed by atoms with Gasteiger partial charge in [0.25, 0.3) is 0 Å². The van der Waals surface area contributed by atoms with E-state index in [0.717, 1.165) is 11.1 Å². The molecule has 2 aromatic heterocycles. The summed E-state index contributed by atoms with van der Waals surface area (Å²) in [6, 6.07) is 13.9. The molecule has 4 rings (SSSR count). The third-order valence-corrected chi connectivity index (χ3v) is 4.64. The number of fused-ring (bicyclic) bond motifs is 1. The molecule has 0 amide bonds. The number of hydrogen-bond acceptors (Lipinski definition) is 6. The molecule has 0 bridgehead atoms. The summed E-state index contributed by atoms with van der Waals surface area (Å²) in [5.41, 5.74) is 8.01. The lowest BCUT2D eigenvalue weighted by atomic mass is 9.96. The second-order valence-electron chi connectivity index (χ2n) is 6.28. The van der Waals surface area contributed by atoms with E-state index in [1.54, 1.807) is 10.9 Å². The highest BCUT2D eigenvalue weighted by molar-refractivity contribution is 5.93. The number of rotatable bonds is 4. The van der Waals surface area contributed by atoms with Crippen molar-refractivity contribution in [2.45, 2.75) is 19.1 Å². The minimum absolute atomic E-state index is 0.159. The van der Waals surface area contributed by atoms with Crippen LogP contribution < -0.4 is 10.5 Å². The van der Waals surface area contributed by atoms with Crippen LogP contribution in [0.1, 0.15) is 18.0 Å². The van der Waals surface area contributed by atoms with E-state index in [1.165, 1.54) is 0 Å². The number of hydrogen-bond donors (Lipinski definition) is 1. The quantitative estimate of drug-likeness (QED) is 0.777. The van der Waals surface area contributed by atoms with Crippen LogP contribution in [-0.2, 0) is 11.3 Å². The molecule has 1 saturated heterocycles. The highest BCUT2D eigenvalue weighted by Gasteiger charge is 2.30. The smallest absolute Gasteiger partial charge is 0.227 e. The lowest BCUT2D eigenvalue weighted by Gasteiger charge is -2.27. The van der Waals surface area contributed by atoms with E-state index < -0.39 is 0 Å². The van der Waals surface area contributed by atoms with E-state index in [0.29, 0.717) is 43.3 Å². The summed E-state index contributed by atoms with van der Waals surface area (Å²) in [6.07, 6.45) is 2.36. The van der Waals surface area contributed by atoms with Gasteiger partial charge in [0, 0.05) is 12.8 Å². The van der Waals surface area contributed by atoms with Gasteiger partial charge in [-0.2, -0.15) is 10.4 Å². The number of aromatic nitrogens is 3. The molecule has 132 valence electrons. The summed E-state index contributed by atoms with van der Waals surface area (Å²) in [5, 5.41) is 14.6. The van der Waals surface area contributed by atoms with Gasteiger partial charge in [-0.25, -0.2) is 4.98 Å². The molecule has 26 heavy (non-hydrogen) atoms. The van der Waals surface area contributed by atoms with Crippen molar-refractivity contribution in [3.63, 3.8) is 0 Å². The van der Waals surface area contributed by atoms with Gasteiger partial charge in [0.05, 0.1) is 30.2 Å². The van der Waals surface area contributed by atoms with Crippen LogP contribution >= 0.6 is 0 Å². The maximum absolute atomic E-state index is 9.45. The fourth-order valence-corrected chi connectivity index (χ4v) is 3.29. The van der Waals surface area contributed by atoms with Crippen LogP contribution in [0.3, 0.4) is 0 Å². The Labute approximate surface area is 151 Å². The van der Waals surface area contributed by atoms with Crippen molar-refractivity contribution < 1.29 is 9.47 Å². The van der Waals surface area contributed by atoms with E-state index in [9.17, 15) is 5.26 Å². The molecule has 2 atom stereocenters. The van der Waals surface area contributed by atoms with Crippen LogP contribution in [0.2, 0.25) is 0 Å². The molecule has 0 saturated carbocycles. The van der Waals surface area contributed by atoms with E-state index in [1.807, 2.05) is 36.4 Å². The standard InChI is InChI=1S/C19H19N5O2/c20-10-14-7-9-25-12-16(14)24-15-6-8-22-19(17(15)18(21)23-24)26-11-13-4-2-1-3-5-13/h1-6,8,14,16H,7,9,11-12H2,(H2,21,23)/t14-,16?/m1/s1. The van der Waals surface area contributed by atoms with Gasteiger partial charge in [0.2, 0.25) is 5.88 Å². The average Bonchev–Trinajstić information content (AvgIpc) is 3.04. The molecule has 0 aliphatic carbocycles. The third-order valence-electron chi connectivity index (χ3n) is 4.64. The Bertz CT molecular complexity index is 948. The first kappa shape index (κ1) is 16.4. The van der Waals surface area contributed by atoms with E-state index in [4.69, 9.17) is 15.2 Å². The number of nitrogens with zero attached hydrogens (tertiary/aromatic N) is 4. The maximum atomic E-state index is 9.45. The molecule has 1 aliphatic rings. The van der Waals surface area contributed by atoms with E-state index in [-0.39, 0.29) is 12.0 Å². The summed E-state index contributed by atoms with van der Waals surface area (Å²) in [7, 11) is 0. The van der Waals surface area contributed by atoms with E-state index in [2.05, 4.69) is 16.2 Å². The Morgan fingerprint density at radius 1 is 1.31 bits per heavy atom. The molecule has 0 radical (unpaired) electrons. The van der Waals surface area contributed by atoms with Crippen LogP contribution in [0.5, 0.6) is 5.88 Å². The van der Waals surface area contributed by atoms with Crippen molar-refractivity contribution in [3.8, 4) is 11.9 Å². The molecule has 3 heterocycles. The number of pyridine rings is 1. The first-order valence-electron chi connectivity index (χ1n) is 8.54. The minimum Gasteiger partial charge on any atom is -0.472 e. The second kappa shape index (κ2) is 7.02. The summed E-state index contributed by atoms with van der Waals surface area (Å²) in [4.78, 5) is 4.33. The monoisotopic (exact) mass is 349 g/mol. The van der Waals surface area contributed by atoms with E-state index >= 15 is 0 Å². The molecule has 1 aliphatic heterocycles. The maximum Gasteiger partial charge on any atom is 0.227 e. The van der Waals surface area contributed by atoms with Gasteiger partial charge in [-0.05, 0) is 18.1 Å². The molecule has 1 aromatic carbocycles. The predicted octanol–water partition coefficient (Wildman–Crippen LogP) is 2.69. The number of nitrogen functional groups attached to an aromatic ring is 1. The lowest BCUT2D eigenvalue weighted by Crippen LogP contribution is -2.30. The highest BCUT2D eigenvalue weighted by atomic mass is 16.5. The first-order chi connectivity index (χ1) is 12.8. The number of nitrogens with two attached hydrogens (primary N) is 1. The molecule has 3 aromatic rings. The average molecular weight is 349 g/mol. The molecule has 0 spiro atoms. The van der Waals surface area contributed by atoms with Crippen molar-refractivity contribution >= 4 is 16.7 Å². The summed E-state index contributed by atoms with van der Waals surface area (Å²) in [5.74, 6) is 0.631. The molecule has 7 nitrogen and oxygen atoms in total. The Kier molecular flexibility index (Phi) is 4.42. The zero-order chi connectivity index (χ0) is 17.9. The largest absolute Gasteiger partial charge is 0.472 e. The van der Waals surface area contributed by atoms with Crippen LogP contribution in [0.25, 0.3) is 10.9 Å². The SMILES string of the molecule is N#C[C@H]1CCOCC1n1nc(N)c2c(OCc3ccccc3)nccc21. The highest BCUT2D eigenvalue weighted by Crippen LogP contribution is 2.34. The van der Waals surface area contributed by atoms with Gasteiger partial charge < -0.3 is 15.2 Å². The number of anilines is 1. The molecule has 1 fully saturated rings. The van der Waals surface area contributed by atoms with Crippen LogP contribution in [-0.4, -0.2) is 28.0 Å². The first-order valence-corrected chi connectivity index (χ1v) is 8.54. The molecular formula is C19H19N5O2. The second-order valence-corrected chi connectivity index (χ2v) is 6.28. The van der Waals surface area contributed by atoms with Crippen molar-refractivity contribution in [1.29, 1.82) is 5.26 Å². The normalized spacial score (nSPS) is 20.0. The topological polar surface area (TPSA) is 99.0 Å². The molecule has 7 heteroatoms. The van der Waals surface area contributed by atoms with Gasteiger partial charge in [-0.15, -0.1) is 0 Å². The molecule has 1 unspecified atom stereocenters. The van der Waals surface area contributed by atoms with Gasteiger partial charge in [-0.1, -0.05) is 30.3 Å². The van der Waals surface area contributed by atoms with Crippen LogP contribution in [0.4, 0.5) is 5.82 Å². The Balaban J connectivity index is 1.69. The van der Waals surface area contributed by atoms with Crippen molar-refractivity contribution in [2.24, 2.45) is 5.92 Å². The molecule has 2 N–H and O–H groups in total. The Morgan fingerprint density at radius 3 is 2.96 bits per heavy atom. The summed E-state index contributed by atoms with van der Waals surface area (Å²) >= 11 is 0. The van der Waals surface area contributed by atoms with Gasteiger partial charge in [0.15, 0.2) is 5.82 Å². The summed E-state index contributed by atoms with van der Waals surface area (Å²) in [6.45, 7) is 1.43. The summed E-state index contributed by atoms with van der Waals surface area (Å²) < 4.78 is 13.2. The van der Waals surface area contributed by atoms with Gasteiger partial charge in [-0.3, -0.25) is 4.68 Å². The molecular weight excluding hydrogens is 330 g/mol. The number of nitriles is 1. The zero-order valence-corrected chi connectivity index (χ0v) is 14.2. The Hall–Kier alpha value is -3.11. The fourth-order valence-electron chi connectivity index (χ4n) is 3.29. The van der Waals surface area contributed by atoms with Crippen LogP contribution in [0, 0.1) is 17.2 Å².